The molecule has 1 heterocycles. The first-order valence-electron chi connectivity index (χ1n) is 7.07. The molecule has 1 saturated carbocycles. The number of anilines is 1. The van der Waals surface area contributed by atoms with Gasteiger partial charge in [-0.25, -0.2) is 0 Å². The van der Waals surface area contributed by atoms with Crippen LogP contribution in [-0.2, 0) is 11.2 Å². The zero-order valence-electron chi connectivity index (χ0n) is 11.3. The average Bonchev–Trinajstić information content (AvgIpc) is 3.23. The third kappa shape index (κ3) is 2.73. The van der Waals surface area contributed by atoms with Crippen molar-refractivity contribution in [2.75, 3.05) is 24.6 Å². The summed E-state index contributed by atoms with van der Waals surface area (Å²) in [6, 6.07) is 6.91. The third-order valence-electron chi connectivity index (χ3n) is 3.71. The van der Waals surface area contributed by atoms with Gasteiger partial charge in [0.05, 0.1) is 5.69 Å². The molecule has 1 fully saturated rings. The quantitative estimate of drug-likeness (QED) is 0.876. The van der Waals surface area contributed by atoms with Crippen LogP contribution in [-0.4, -0.2) is 31.6 Å². The highest BCUT2D eigenvalue weighted by Gasteiger charge is 2.24. The summed E-state index contributed by atoms with van der Waals surface area (Å²) in [5, 5.41) is 3.51. The molecule has 0 atom stereocenters. The second kappa shape index (κ2) is 5.21. The molecule has 4 nitrogen and oxygen atoms in total. The predicted octanol–water partition coefficient (Wildman–Crippen LogP) is 1.73. The van der Waals surface area contributed by atoms with E-state index in [1.54, 1.807) is 4.90 Å². The van der Waals surface area contributed by atoms with Gasteiger partial charge in [0.2, 0.25) is 0 Å². The van der Waals surface area contributed by atoms with Gasteiger partial charge >= 0.3 is 0 Å². The van der Waals surface area contributed by atoms with E-state index in [0.29, 0.717) is 6.54 Å². The van der Waals surface area contributed by atoms with Crippen molar-refractivity contribution in [2.45, 2.75) is 32.2 Å². The monoisotopic (exact) mass is 260 g/mol. The van der Waals surface area contributed by atoms with E-state index in [1.165, 1.54) is 18.4 Å². The average molecular weight is 260 g/mol. The number of fused-ring (bicyclic) bond motifs is 1. The van der Waals surface area contributed by atoms with Gasteiger partial charge < -0.3 is 15.0 Å². The standard InChI is InChI=1S/C15H20N2O2/c1-2-17-13-9-11(7-8-16-12-4-5-12)3-6-14(13)19-10-15(17)18/h3,6,9,12,16H,2,4-5,7-8,10H2,1H3. The highest BCUT2D eigenvalue weighted by atomic mass is 16.5. The zero-order valence-corrected chi connectivity index (χ0v) is 11.3. The summed E-state index contributed by atoms with van der Waals surface area (Å²) in [7, 11) is 0. The molecule has 19 heavy (non-hydrogen) atoms. The Kier molecular flexibility index (Phi) is 3.42. The molecule has 1 amide bonds. The van der Waals surface area contributed by atoms with Gasteiger partial charge in [-0.3, -0.25) is 4.79 Å². The molecule has 0 spiro atoms. The zero-order chi connectivity index (χ0) is 13.2. The van der Waals surface area contributed by atoms with Crippen LogP contribution in [0.25, 0.3) is 0 Å². The Morgan fingerprint density at radius 2 is 2.26 bits per heavy atom. The van der Waals surface area contributed by atoms with Crippen LogP contribution in [0.4, 0.5) is 5.69 Å². The lowest BCUT2D eigenvalue weighted by Gasteiger charge is -2.28. The molecule has 1 aromatic rings. The Bertz CT molecular complexity index is 483. The number of benzene rings is 1. The van der Waals surface area contributed by atoms with Crippen molar-refractivity contribution < 1.29 is 9.53 Å². The Morgan fingerprint density at radius 1 is 1.42 bits per heavy atom. The predicted molar refractivity (Wildman–Crippen MR) is 74.7 cm³/mol. The number of rotatable bonds is 5. The minimum absolute atomic E-state index is 0.0447. The fourth-order valence-electron chi connectivity index (χ4n) is 2.46. The van der Waals surface area contributed by atoms with Crippen molar-refractivity contribution in [3.8, 4) is 5.75 Å². The summed E-state index contributed by atoms with van der Waals surface area (Å²) in [5.41, 5.74) is 2.17. The van der Waals surface area contributed by atoms with Crippen molar-refractivity contribution in [1.29, 1.82) is 0 Å². The number of amides is 1. The maximum Gasteiger partial charge on any atom is 0.265 e. The van der Waals surface area contributed by atoms with E-state index in [9.17, 15) is 4.79 Å². The Labute approximate surface area is 113 Å². The fraction of sp³-hybridized carbons (Fsp3) is 0.533. The van der Waals surface area contributed by atoms with E-state index in [2.05, 4.69) is 17.4 Å². The number of nitrogens with one attached hydrogen (secondary N) is 1. The van der Waals surface area contributed by atoms with Crippen molar-refractivity contribution in [3.63, 3.8) is 0 Å². The largest absolute Gasteiger partial charge is 0.482 e. The van der Waals surface area contributed by atoms with E-state index in [4.69, 9.17) is 4.74 Å². The molecule has 1 aliphatic carbocycles. The molecule has 0 bridgehead atoms. The molecule has 2 aliphatic rings. The molecule has 0 saturated heterocycles. The van der Waals surface area contributed by atoms with Crippen LogP contribution in [0.2, 0.25) is 0 Å². The molecule has 1 N–H and O–H groups in total. The molecule has 0 aromatic heterocycles. The number of hydrogen-bond donors (Lipinski definition) is 1. The fourth-order valence-corrected chi connectivity index (χ4v) is 2.46. The lowest BCUT2D eigenvalue weighted by atomic mass is 10.1. The maximum absolute atomic E-state index is 11.8. The van der Waals surface area contributed by atoms with Crippen LogP contribution in [0.3, 0.4) is 0 Å². The van der Waals surface area contributed by atoms with Gasteiger partial charge in [0.25, 0.3) is 5.91 Å². The van der Waals surface area contributed by atoms with Gasteiger partial charge in [-0.1, -0.05) is 6.07 Å². The van der Waals surface area contributed by atoms with Gasteiger partial charge in [-0.2, -0.15) is 0 Å². The smallest absolute Gasteiger partial charge is 0.265 e. The van der Waals surface area contributed by atoms with Gasteiger partial charge in [-0.05, 0) is 50.4 Å². The molecule has 0 unspecified atom stereocenters. The van der Waals surface area contributed by atoms with E-state index in [0.717, 1.165) is 30.4 Å². The first-order valence-corrected chi connectivity index (χ1v) is 7.07. The van der Waals surface area contributed by atoms with Crippen molar-refractivity contribution in [1.82, 2.24) is 5.32 Å². The highest BCUT2D eigenvalue weighted by Crippen LogP contribution is 2.32. The van der Waals surface area contributed by atoms with Gasteiger partial charge in [0, 0.05) is 12.6 Å². The summed E-state index contributed by atoms with van der Waals surface area (Å²) in [6.45, 7) is 3.85. The van der Waals surface area contributed by atoms with Crippen molar-refractivity contribution >= 4 is 11.6 Å². The normalized spacial score (nSPS) is 18.2. The van der Waals surface area contributed by atoms with E-state index in [-0.39, 0.29) is 12.5 Å². The number of likely N-dealkylation sites (N-methyl/N-ethyl adjacent to an activating group) is 1. The minimum Gasteiger partial charge on any atom is -0.482 e. The second-order valence-corrected chi connectivity index (χ2v) is 5.21. The van der Waals surface area contributed by atoms with Crippen LogP contribution < -0.4 is 15.0 Å². The summed E-state index contributed by atoms with van der Waals surface area (Å²) < 4.78 is 5.47. The first kappa shape index (κ1) is 12.5. The van der Waals surface area contributed by atoms with Gasteiger partial charge in [0.15, 0.2) is 6.61 Å². The summed E-state index contributed by atoms with van der Waals surface area (Å²) >= 11 is 0. The lowest BCUT2D eigenvalue weighted by molar-refractivity contribution is -0.121. The van der Waals surface area contributed by atoms with Crippen molar-refractivity contribution in [3.05, 3.63) is 23.8 Å². The van der Waals surface area contributed by atoms with Crippen molar-refractivity contribution in [2.24, 2.45) is 0 Å². The Hall–Kier alpha value is -1.55. The Balaban J connectivity index is 1.72. The minimum atomic E-state index is 0.0447. The van der Waals surface area contributed by atoms with Crippen LogP contribution in [0.5, 0.6) is 5.75 Å². The summed E-state index contributed by atoms with van der Waals surface area (Å²) in [5.74, 6) is 0.864. The van der Waals surface area contributed by atoms with Crippen LogP contribution in [0.1, 0.15) is 25.3 Å². The maximum atomic E-state index is 11.8. The molecule has 1 aliphatic heterocycles. The van der Waals surface area contributed by atoms with E-state index in [1.807, 2.05) is 13.0 Å². The number of hydrogen-bond acceptors (Lipinski definition) is 3. The summed E-state index contributed by atoms with van der Waals surface area (Å²) in [6.07, 6.45) is 3.63. The molecular weight excluding hydrogens is 240 g/mol. The molecule has 1 aromatic carbocycles. The molecule has 4 heteroatoms. The van der Waals surface area contributed by atoms with Gasteiger partial charge in [-0.15, -0.1) is 0 Å². The summed E-state index contributed by atoms with van der Waals surface area (Å²) in [4.78, 5) is 13.6. The first-order chi connectivity index (χ1) is 9.28. The molecule has 102 valence electrons. The van der Waals surface area contributed by atoms with Crippen LogP contribution in [0, 0.1) is 0 Å². The number of nitrogens with zero attached hydrogens (tertiary/aromatic N) is 1. The van der Waals surface area contributed by atoms with Crippen LogP contribution in [0.15, 0.2) is 18.2 Å². The highest BCUT2D eigenvalue weighted by molar-refractivity contribution is 5.97. The SMILES string of the molecule is CCN1C(=O)COc2ccc(CCNC3CC3)cc21. The number of carbonyl (C=O) groups is 1. The van der Waals surface area contributed by atoms with Gasteiger partial charge in [0.1, 0.15) is 5.75 Å². The number of ether oxygens (including phenoxy) is 1. The van der Waals surface area contributed by atoms with E-state index < -0.39 is 0 Å². The second-order valence-electron chi connectivity index (χ2n) is 5.21. The third-order valence-corrected chi connectivity index (χ3v) is 3.71. The molecule has 0 radical (unpaired) electrons. The molecular formula is C15H20N2O2. The molecule has 3 rings (SSSR count). The van der Waals surface area contributed by atoms with Crippen LogP contribution >= 0.6 is 0 Å². The number of carbonyl (C=O) groups excluding carboxylic acids is 1. The Morgan fingerprint density at radius 3 is 3.00 bits per heavy atom. The topological polar surface area (TPSA) is 41.6 Å². The lowest BCUT2D eigenvalue weighted by Crippen LogP contribution is -2.38. The van der Waals surface area contributed by atoms with E-state index >= 15 is 0 Å².